The van der Waals surface area contributed by atoms with Crippen molar-refractivity contribution in [3.63, 3.8) is 0 Å². The number of hydrogen-bond acceptors (Lipinski definition) is 1. The maximum Gasteiger partial charge on any atom is 0.0345 e. The van der Waals surface area contributed by atoms with Crippen LogP contribution in [0.3, 0.4) is 0 Å². The quantitative estimate of drug-likeness (QED) is 0.846. The fourth-order valence-electron chi connectivity index (χ4n) is 3.93. The summed E-state index contributed by atoms with van der Waals surface area (Å²) in [5.41, 5.74) is 7.44. The van der Waals surface area contributed by atoms with Crippen molar-refractivity contribution in [1.29, 1.82) is 0 Å². The molecule has 108 valence electrons. The van der Waals surface area contributed by atoms with Crippen LogP contribution in [0.25, 0.3) is 0 Å². The van der Waals surface area contributed by atoms with E-state index in [0.717, 1.165) is 5.92 Å². The predicted octanol–water partition coefficient (Wildman–Crippen LogP) is 4.84. The van der Waals surface area contributed by atoms with Gasteiger partial charge in [0.25, 0.3) is 0 Å². The van der Waals surface area contributed by atoms with E-state index in [9.17, 15) is 0 Å². The molecule has 0 radical (unpaired) electrons. The van der Waals surface area contributed by atoms with Gasteiger partial charge in [0.05, 0.1) is 0 Å². The standard InChI is InChI=1S/C20H23N/c1-14-5-2-3-8-20(14)17-12-19(13-17)21-18-10-9-15-6-4-7-16(15)11-18/h2-3,5,8-11,17,19,21H,4,6-7,12-13H2,1H3. The molecule has 0 saturated heterocycles. The zero-order valence-corrected chi connectivity index (χ0v) is 12.7. The van der Waals surface area contributed by atoms with E-state index >= 15 is 0 Å². The first-order valence-electron chi connectivity index (χ1n) is 8.23. The van der Waals surface area contributed by atoms with Crippen LogP contribution in [0.2, 0.25) is 0 Å². The third-order valence-electron chi connectivity index (χ3n) is 5.24. The fourth-order valence-corrected chi connectivity index (χ4v) is 3.93. The van der Waals surface area contributed by atoms with Crippen LogP contribution in [-0.2, 0) is 12.8 Å². The molecule has 2 aromatic rings. The molecule has 0 bridgehead atoms. The number of aryl methyl sites for hydroxylation is 3. The van der Waals surface area contributed by atoms with Gasteiger partial charge >= 0.3 is 0 Å². The molecule has 1 saturated carbocycles. The highest BCUT2D eigenvalue weighted by Gasteiger charge is 2.31. The van der Waals surface area contributed by atoms with Gasteiger partial charge in [-0.25, -0.2) is 0 Å². The zero-order valence-electron chi connectivity index (χ0n) is 12.7. The molecule has 1 nitrogen and oxygen atoms in total. The summed E-state index contributed by atoms with van der Waals surface area (Å²) in [6.45, 7) is 2.23. The van der Waals surface area contributed by atoms with Crippen molar-refractivity contribution in [2.75, 3.05) is 5.32 Å². The Hall–Kier alpha value is -1.76. The largest absolute Gasteiger partial charge is 0.382 e. The summed E-state index contributed by atoms with van der Waals surface area (Å²) in [6.07, 6.45) is 6.40. The van der Waals surface area contributed by atoms with Crippen LogP contribution < -0.4 is 5.32 Å². The van der Waals surface area contributed by atoms with Gasteiger partial charge in [-0.3, -0.25) is 0 Å². The molecule has 0 amide bonds. The Labute approximate surface area is 127 Å². The maximum atomic E-state index is 3.73. The van der Waals surface area contributed by atoms with Crippen LogP contribution in [0.5, 0.6) is 0 Å². The minimum Gasteiger partial charge on any atom is -0.382 e. The maximum absolute atomic E-state index is 3.73. The van der Waals surface area contributed by atoms with Crippen molar-refractivity contribution in [3.8, 4) is 0 Å². The third-order valence-corrected chi connectivity index (χ3v) is 5.24. The first-order valence-corrected chi connectivity index (χ1v) is 8.23. The number of hydrogen-bond donors (Lipinski definition) is 1. The Balaban J connectivity index is 1.39. The predicted molar refractivity (Wildman–Crippen MR) is 89.0 cm³/mol. The van der Waals surface area contributed by atoms with E-state index in [1.165, 1.54) is 43.4 Å². The number of fused-ring (bicyclic) bond motifs is 1. The first kappa shape index (κ1) is 12.9. The SMILES string of the molecule is Cc1ccccc1C1CC(Nc2ccc3c(c2)CCC3)C1. The minimum absolute atomic E-state index is 0.647. The molecule has 21 heavy (non-hydrogen) atoms. The lowest BCUT2D eigenvalue weighted by Crippen LogP contribution is -2.34. The molecule has 0 atom stereocenters. The molecule has 0 aromatic heterocycles. The van der Waals surface area contributed by atoms with Crippen molar-refractivity contribution in [3.05, 3.63) is 64.7 Å². The van der Waals surface area contributed by atoms with E-state index in [2.05, 4.69) is 54.7 Å². The molecule has 4 rings (SSSR count). The van der Waals surface area contributed by atoms with Crippen molar-refractivity contribution in [1.82, 2.24) is 0 Å². The smallest absolute Gasteiger partial charge is 0.0345 e. The van der Waals surface area contributed by atoms with E-state index < -0.39 is 0 Å². The topological polar surface area (TPSA) is 12.0 Å². The molecule has 0 heterocycles. The van der Waals surface area contributed by atoms with Gasteiger partial charge in [-0.1, -0.05) is 30.3 Å². The normalized spacial score (nSPS) is 23.5. The Kier molecular flexibility index (Phi) is 3.21. The van der Waals surface area contributed by atoms with Crippen molar-refractivity contribution in [2.45, 2.75) is 51.0 Å². The van der Waals surface area contributed by atoms with Crippen molar-refractivity contribution < 1.29 is 0 Å². The third kappa shape index (κ3) is 2.46. The van der Waals surface area contributed by atoms with Gasteiger partial charge in [-0.2, -0.15) is 0 Å². The van der Waals surface area contributed by atoms with E-state index in [4.69, 9.17) is 0 Å². The van der Waals surface area contributed by atoms with Crippen LogP contribution in [0.4, 0.5) is 5.69 Å². The summed E-state index contributed by atoms with van der Waals surface area (Å²) in [4.78, 5) is 0. The monoisotopic (exact) mass is 277 g/mol. The lowest BCUT2D eigenvalue weighted by Gasteiger charge is -2.37. The fraction of sp³-hybridized carbons (Fsp3) is 0.400. The average molecular weight is 277 g/mol. The second kappa shape index (κ2) is 5.22. The van der Waals surface area contributed by atoms with Crippen LogP contribution in [0.15, 0.2) is 42.5 Å². The summed E-state index contributed by atoms with van der Waals surface area (Å²) in [5, 5.41) is 3.73. The van der Waals surface area contributed by atoms with Gasteiger partial charge in [0.2, 0.25) is 0 Å². The molecule has 2 aromatic carbocycles. The van der Waals surface area contributed by atoms with E-state index in [1.54, 1.807) is 16.7 Å². The summed E-state index contributed by atoms with van der Waals surface area (Å²) in [6, 6.07) is 16.5. The average Bonchev–Trinajstić information content (AvgIpc) is 2.91. The van der Waals surface area contributed by atoms with Crippen LogP contribution in [0.1, 0.15) is 47.4 Å². The molecule has 0 spiro atoms. The molecule has 2 aliphatic rings. The van der Waals surface area contributed by atoms with Gasteiger partial charge in [0.1, 0.15) is 0 Å². The molecule has 2 aliphatic carbocycles. The Morgan fingerprint density at radius 1 is 0.952 bits per heavy atom. The molecule has 1 N–H and O–H groups in total. The second-order valence-corrected chi connectivity index (χ2v) is 6.70. The van der Waals surface area contributed by atoms with Crippen LogP contribution in [-0.4, -0.2) is 6.04 Å². The summed E-state index contributed by atoms with van der Waals surface area (Å²) < 4.78 is 0. The van der Waals surface area contributed by atoms with Crippen LogP contribution in [0, 0.1) is 6.92 Å². The zero-order chi connectivity index (χ0) is 14.2. The van der Waals surface area contributed by atoms with Crippen molar-refractivity contribution >= 4 is 5.69 Å². The van der Waals surface area contributed by atoms with E-state index in [1.807, 2.05) is 0 Å². The Morgan fingerprint density at radius 2 is 1.76 bits per heavy atom. The highest BCUT2D eigenvalue weighted by molar-refractivity contribution is 5.51. The molecular weight excluding hydrogens is 254 g/mol. The molecule has 0 aliphatic heterocycles. The minimum atomic E-state index is 0.647. The summed E-state index contributed by atoms with van der Waals surface area (Å²) >= 11 is 0. The lowest BCUT2D eigenvalue weighted by molar-refractivity contribution is 0.373. The van der Waals surface area contributed by atoms with Gasteiger partial charge in [-0.05, 0) is 79.3 Å². The molecular formula is C20H23N. The van der Waals surface area contributed by atoms with Gasteiger partial charge in [-0.15, -0.1) is 0 Å². The lowest BCUT2D eigenvalue weighted by atomic mass is 9.74. The first-order chi connectivity index (χ1) is 10.3. The number of nitrogens with one attached hydrogen (secondary N) is 1. The number of benzene rings is 2. The van der Waals surface area contributed by atoms with Crippen molar-refractivity contribution in [2.24, 2.45) is 0 Å². The Morgan fingerprint density at radius 3 is 2.62 bits per heavy atom. The van der Waals surface area contributed by atoms with E-state index in [0.29, 0.717) is 6.04 Å². The number of rotatable bonds is 3. The highest BCUT2D eigenvalue weighted by Crippen LogP contribution is 2.40. The molecule has 1 fully saturated rings. The summed E-state index contributed by atoms with van der Waals surface area (Å²) in [7, 11) is 0. The van der Waals surface area contributed by atoms with Gasteiger partial charge in [0.15, 0.2) is 0 Å². The Bertz CT molecular complexity index is 653. The van der Waals surface area contributed by atoms with Crippen LogP contribution >= 0.6 is 0 Å². The van der Waals surface area contributed by atoms with Gasteiger partial charge in [0, 0.05) is 11.7 Å². The molecule has 0 unspecified atom stereocenters. The summed E-state index contributed by atoms with van der Waals surface area (Å²) in [5.74, 6) is 0.748. The van der Waals surface area contributed by atoms with E-state index in [-0.39, 0.29) is 0 Å². The second-order valence-electron chi connectivity index (χ2n) is 6.70. The van der Waals surface area contributed by atoms with Gasteiger partial charge < -0.3 is 5.32 Å². The molecule has 1 heteroatoms. The highest BCUT2D eigenvalue weighted by atomic mass is 14.9. The number of anilines is 1.